The van der Waals surface area contributed by atoms with E-state index in [0.29, 0.717) is 41.8 Å². The first-order valence-electron chi connectivity index (χ1n) is 13.2. The zero-order chi connectivity index (χ0) is 27.6. The average Bonchev–Trinajstić information content (AvgIpc) is 3.67. The molecule has 2 atom stereocenters. The maximum Gasteiger partial charge on any atom is 0.319 e. The number of piperazine rings is 1. The Balaban J connectivity index is 1.42. The number of rotatable bonds is 5. The topological polar surface area (TPSA) is 107 Å². The number of phenols is 1. The number of terminal acetylenes is 1. The van der Waals surface area contributed by atoms with Crippen LogP contribution < -0.4 is 15.0 Å². The van der Waals surface area contributed by atoms with Crippen molar-refractivity contribution >= 4 is 27.5 Å². The Hall–Kier alpha value is -4.54. The molecule has 200 valence electrons. The van der Waals surface area contributed by atoms with Gasteiger partial charge in [-0.15, -0.1) is 6.42 Å². The molecule has 40 heavy (non-hydrogen) atoms. The number of hydrogen-bond donors (Lipinski definition) is 2. The molecule has 3 aliphatic rings. The van der Waals surface area contributed by atoms with Gasteiger partial charge in [-0.3, -0.25) is 4.98 Å². The van der Waals surface area contributed by atoms with Crippen molar-refractivity contribution in [1.29, 1.82) is 5.26 Å². The minimum absolute atomic E-state index is 0.0205. The molecule has 0 spiro atoms. The van der Waals surface area contributed by atoms with E-state index in [-0.39, 0.29) is 46.1 Å². The Bertz CT molecular complexity index is 1780. The lowest BCUT2D eigenvalue weighted by molar-refractivity contribution is 0.249. The molecule has 4 aromatic rings. The van der Waals surface area contributed by atoms with Crippen LogP contribution in [-0.4, -0.2) is 51.8 Å². The largest absolute Gasteiger partial charge is 0.508 e. The highest BCUT2D eigenvalue weighted by molar-refractivity contribution is 6.03. The Morgan fingerprint density at radius 2 is 1.95 bits per heavy atom. The molecule has 4 heterocycles. The minimum atomic E-state index is -0.773. The van der Waals surface area contributed by atoms with Gasteiger partial charge < -0.3 is 20.1 Å². The highest BCUT2D eigenvalue weighted by Gasteiger charge is 2.44. The molecular weight excluding hydrogens is 514 g/mol. The SMILES string of the molecule is C#Cc1c(F)ccc2cc(O)cc(-c3ncc4c(N5C[C@H]6CC[C@@H](C5)N6)nc(OCC5(C#N)CC5)nc4c3F)c12. The number of halogens is 2. The van der Waals surface area contributed by atoms with Gasteiger partial charge in [0.1, 0.15) is 35.2 Å². The van der Waals surface area contributed by atoms with Crippen LogP contribution in [0.15, 0.2) is 30.5 Å². The van der Waals surface area contributed by atoms with Crippen LogP contribution in [0.25, 0.3) is 32.9 Å². The molecular formula is C30H24F2N6O2. The summed E-state index contributed by atoms with van der Waals surface area (Å²) in [6.45, 7) is 1.49. The van der Waals surface area contributed by atoms with Crippen molar-refractivity contribution in [3.8, 4) is 41.4 Å². The van der Waals surface area contributed by atoms with E-state index in [9.17, 15) is 14.8 Å². The van der Waals surface area contributed by atoms with Crippen molar-refractivity contribution < 1.29 is 18.6 Å². The van der Waals surface area contributed by atoms with Crippen LogP contribution in [0.2, 0.25) is 0 Å². The van der Waals surface area contributed by atoms with Crippen molar-refractivity contribution in [3.05, 3.63) is 47.7 Å². The van der Waals surface area contributed by atoms with Gasteiger partial charge in [-0.1, -0.05) is 12.0 Å². The average molecular weight is 539 g/mol. The van der Waals surface area contributed by atoms with Crippen LogP contribution >= 0.6 is 0 Å². The summed E-state index contributed by atoms with van der Waals surface area (Å²) in [6, 6.07) is 8.30. The van der Waals surface area contributed by atoms with Crippen molar-refractivity contribution in [2.75, 3.05) is 24.6 Å². The fraction of sp³-hybridized carbons (Fsp3) is 0.333. The van der Waals surface area contributed by atoms with E-state index in [1.165, 1.54) is 30.5 Å². The van der Waals surface area contributed by atoms with Crippen molar-refractivity contribution in [2.24, 2.45) is 5.41 Å². The molecule has 2 aliphatic heterocycles. The number of anilines is 1. The number of benzene rings is 2. The van der Waals surface area contributed by atoms with Crippen LogP contribution in [0.4, 0.5) is 14.6 Å². The number of nitriles is 1. The molecule has 8 nitrogen and oxygen atoms in total. The second-order valence-corrected chi connectivity index (χ2v) is 10.9. The van der Waals surface area contributed by atoms with Crippen LogP contribution in [0.1, 0.15) is 31.2 Å². The third-order valence-electron chi connectivity index (χ3n) is 8.18. The standard InChI is InChI=1S/C30H24F2N6O2/c1-2-20-23(31)6-3-16-9-19(39)10-21(24(16)20)26-25(32)27-22(11-34-26)28(38-12-17-4-5-18(13-38)35-17)37-29(36-27)40-15-30(14-33)7-8-30/h1,3,6,9-11,17-18,35,39H,4-5,7-8,12-13,15H2/t17-,18+. The number of ether oxygens (including phenoxy) is 1. The van der Waals surface area contributed by atoms with Gasteiger partial charge in [-0.25, -0.2) is 8.78 Å². The molecule has 2 saturated heterocycles. The maximum absolute atomic E-state index is 16.5. The molecule has 0 amide bonds. The molecule has 0 radical (unpaired) electrons. The summed E-state index contributed by atoms with van der Waals surface area (Å²) in [5.41, 5.74) is -0.630. The van der Waals surface area contributed by atoms with E-state index in [1.807, 2.05) is 0 Å². The summed E-state index contributed by atoms with van der Waals surface area (Å²) in [5.74, 6) is 1.30. The molecule has 2 aromatic heterocycles. The second-order valence-electron chi connectivity index (χ2n) is 10.9. The minimum Gasteiger partial charge on any atom is -0.508 e. The number of hydrogen-bond acceptors (Lipinski definition) is 8. The summed E-state index contributed by atoms with van der Waals surface area (Å²) in [4.78, 5) is 15.6. The molecule has 2 aromatic carbocycles. The summed E-state index contributed by atoms with van der Waals surface area (Å²) in [6.07, 6.45) is 10.7. The van der Waals surface area contributed by atoms with Crippen molar-refractivity contribution in [3.63, 3.8) is 0 Å². The van der Waals surface area contributed by atoms with E-state index in [4.69, 9.17) is 11.2 Å². The van der Waals surface area contributed by atoms with Crippen LogP contribution in [0.5, 0.6) is 11.8 Å². The van der Waals surface area contributed by atoms with Crippen LogP contribution in [0, 0.1) is 40.7 Å². The number of aromatic nitrogens is 3. The summed E-state index contributed by atoms with van der Waals surface area (Å²) < 4.78 is 37.0. The Morgan fingerprint density at radius 3 is 2.65 bits per heavy atom. The number of phenolic OH excluding ortho intramolecular Hbond substituents is 1. The molecule has 7 rings (SSSR count). The van der Waals surface area contributed by atoms with Crippen LogP contribution in [-0.2, 0) is 0 Å². The van der Waals surface area contributed by atoms with Gasteiger partial charge >= 0.3 is 6.01 Å². The lowest BCUT2D eigenvalue weighted by Crippen LogP contribution is -2.51. The molecule has 3 fully saturated rings. The summed E-state index contributed by atoms with van der Waals surface area (Å²) in [5, 5.41) is 24.6. The van der Waals surface area contributed by atoms with Gasteiger partial charge in [0.15, 0.2) is 5.82 Å². The predicted octanol–water partition coefficient (Wildman–Crippen LogP) is 4.43. The Labute approximate surface area is 228 Å². The fourth-order valence-electron chi connectivity index (χ4n) is 5.88. The molecule has 0 unspecified atom stereocenters. The smallest absolute Gasteiger partial charge is 0.319 e. The Kier molecular flexibility index (Phi) is 5.51. The van der Waals surface area contributed by atoms with E-state index in [0.717, 1.165) is 25.7 Å². The van der Waals surface area contributed by atoms with Gasteiger partial charge in [0, 0.05) is 42.3 Å². The highest BCUT2D eigenvalue weighted by Crippen LogP contribution is 2.45. The lowest BCUT2D eigenvalue weighted by atomic mass is 9.96. The van der Waals surface area contributed by atoms with Gasteiger partial charge in [0.2, 0.25) is 0 Å². The molecule has 1 aliphatic carbocycles. The van der Waals surface area contributed by atoms with Gasteiger partial charge in [-0.2, -0.15) is 15.2 Å². The molecule has 10 heteroatoms. The number of nitrogens with zero attached hydrogens (tertiary/aromatic N) is 5. The fourth-order valence-corrected chi connectivity index (χ4v) is 5.88. The first-order valence-corrected chi connectivity index (χ1v) is 13.2. The first kappa shape index (κ1) is 24.5. The van der Waals surface area contributed by atoms with Gasteiger partial charge in [0.05, 0.1) is 22.4 Å². The maximum atomic E-state index is 16.5. The zero-order valence-corrected chi connectivity index (χ0v) is 21.4. The number of pyridine rings is 1. The summed E-state index contributed by atoms with van der Waals surface area (Å²) in [7, 11) is 0. The van der Waals surface area contributed by atoms with Crippen molar-refractivity contribution in [1.82, 2.24) is 20.3 Å². The van der Waals surface area contributed by atoms with E-state index in [2.05, 4.69) is 37.2 Å². The van der Waals surface area contributed by atoms with Gasteiger partial charge in [-0.05, 0) is 49.3 Å². The molecule has 1 saturated carbocycles. The molecule has 2 bridgehead atoms. The van der Waals surface area contributed by atoms with Gasteiger partial charge in [0.25, 0.3) is 0 Å². The Morgan fingerprint density at radius 1 is 1.18 bits per heavy atom. The monoisotopic (exact) mass is 538 g/mol. The number of nitrogens with one attached hydrogen (secondary N) is 1. The lowest BCUT2D eigenvalue weighted by Gasteiger charge is -2.34. The second kappa shape index (κ2) is 9.00. The number of fused-ring (bicyclic) bond motifs is 4. The zero-order valence-electron chi connectivity index (χ0n) is 21.4. The normalized spacial score (nSPS) is 20.9. The van der Waals surface area contributed by atoms with E-state index in [1.54, 1.807) is 0 Å². The molecule has 2 N–H and O–H groups in total. The highest BCUT2D eigenvalue weighted by atomic mass is 19.1. The third kappa shape index (κ3) is 3.95. The predicted molar refractivity (Wildman–Crippen MR) is 145 cm³/mol. The van der Waals surface area contributed by atoms with E-state index < -0.39 is 17.0 Å². The van der Waals surface area contributed by atoms with Crippen LogP contribution in [0.3, 0.4) is 0 Å². The van der Waals surface area contributed by atoms with E-state index >= 15 is 4.39 Å². The number of aromatic hydroxyl groups is 1. The first-order chi connectivity index (χ1) is 19.4. The van der Waals surface area contributed by atoms with Crippen molar-refractivity contribution in [2.45, 2.75) is 37.8 Å². The summed E-state index contributed by atoms with van der Waals surface area (Å²) >= 11 is 0. The quantitative estimate of drug-likeness (QED) is 0.360. The third-order valence-corrected chi connectivity index (χ3v) is 8.18.